The SMILES string of the molecule is CC(C)Cc1noc(CSc2nnc(-c3ccco3)n2C2CCCCC2)n1. The quantitative estimate of drug-likeness (QED) is 0.532. The number of hydrogen-bond acceptors (Lipinski definition) is 7. The van der Waals surface area contributed by atoms with Crippen molar-refractivity contribution in [3.8, 4) is 11.6 Å². The minimum Gasteiger partial charge on any atom is -0.461 e. The fourth-order valence-corrected chi connectivity index (χ4v) is 4.38. The van der Waals surface area contributed by atoms with Gasteiger partial charge >= 0.3 is 0 Å². The second kappa shape index (κ2) is 8.29. The van der Waals surface area contributed by atoms with Crippen molar-refractivity contribution >= 4 is 11.8 Å². The van der Waals surface area contributed by atoms with E-state index in [4.69, 9.17) is 8.94 Å². The lowest BCUT2D eigenvalue weighted by Gasteiger charge is -2.25. The zero-order valence-electron chi connectivity index (χ0n) is 15.8. The van der Waals surface area contributed by atoms with Crippen LogP contribution in [0.4, 0.5) is 0 Å². The van der Waals surface area contributed by atoms with Crippen molar-refractivity contribution in [2.75, 3.05) is 0 Å². The van der Waals surface area contributed by atoms with Crippen molar-refractivity contribution in [1.82, 2.24) is 24.9 Å². The Bertz CT molecular complexity index is 849. The van der Waals surface area contributed by atoms with Crippen molar-refractivity contribution in [2.45, 2.75) is 69.3 Å². The highest BCUT2D eigenvalue weighted by atomic mass is 32.2. The maximum Gasteiger partial charge on any atom is 0.237 e. The smallest absolute Gasteiger partial charge is 0.237 e. The fourth-order valence-electron chi connectivity index (χ4n) is 3.54. The van der Waals surface area contributed by atoms with Crippen LogP contribution in [0.15, 0.2) is 32.5 Å². The summed E-state index contributed by atoms with van der Waals surface area (Å²) in [5, 5.41) is 13.8. The number of thioether (sulfide) groups is 1. The molecule has 0 bridgehead atoms. The summed E-state index contributed by atoms with van der Waals surface area (Å²) < 4.78 is 13.2. The highest BCUT2D eigenvalue weighted by Gasteiger charge is 2.25. The molecule has 1 fully saturated rings. The summed E-state index contributed by atoms with van der Waals surface area (Å²) in [6, 6.07) is 4.24. The van der Waals surface area contributed by atoms with Crippen LogP contribution in [0.2, 0.25) is 0 Å². The van der Waals surface area contributed by atoms with Crippen LogP contribution in [0, 0.1) is 5.92 Å². The lowest BCUT2D eigenvalue weighted by atomic mass is 9.95. The molecule has 0 spiro atoms. The van der Waals surface area contributed by atoms with E-state index >= 15 is 0 Å². The Morgan fingerprint density at radius 2 is 2.07 bits per heavy atom. The molecule has 1 aliphatic carbocycles. The Kier molecular flexibility index (Phi) is 5.61. The molecule has 0 atom stereocenters. The van der Waals surface area contributed by atoms with Crippen molar-refractivity contribution in [2.24, 2.45) is 5.92 Å². The standard InChI is InChI=1S/C19H25N5O2S/c1-13(2)11-16-20-17(26-23-16)12-27-19-22-21-18(15-9-6-10-25-15)24(19)14-7-4-3-5-8-14/h6,9-10,13-14H,3-5,7-8,11-12H2,1-2H3. The van der Waals surface area contributed by atoms with Gasteiger partial charge in [0.2, 0.25) is 11.7 Å². The molecule has 0 aromatic carbocycles. The maximum atomic E-state index is 5.59. The molecule has 27 heavy (non-hydrogen) atoms. The van der Waals surface area contributed by atoms with Crippen molar-refractivity contribution in [1.29, 1.82) is 0 Å². The molecule has 3 aromatic heterocycles. The number of furan rings is 1. The van der Waals surface area contributed by atoms with Crippen LogP contribution in [-0.2, 0) is 12.2 Å². The average Bonchev–Trinajstić information content (AvgIpc) is 3.40. The molecular formula is C19H25N5O2S. The van der Waals surface area contributed by atoms with Gasteiger partial charge in [0.25, 0.3) is 0 Å². The largest absolute Gasteiger partial charge is 0.461 e. The highest BCUT2D eigenvalue weighted by Crippen LogP contribution is 2.36. The molecular weight excluding hydrogens is 362 g/mol. The van der Waals surface area contributed by atoms with E-state index in [9.17, 15) is 0 Å². The van der Waals surface area contributed by atoms with Gasteiger partial charge < -0.3 is 8.94 Å². The predicted octanol–water partition coefficient (Wildman–Crippen LogP) is 4.92. The third-order valence-corrected chi connectivity index (χ3v) is 5.70. The summed E-state index contributed by atoms with van der Waals surface area (Å²) in [5.41, 5.74) is 0. The fraction of sp³-hybridized carbons (Fsp3) is 0.579. The van der Waals surface area contributed by atoms with Crippen LogP contribution in [0.3, 0.4) is 0 Å². The summed E-state index contributed by atoms with van der Waals surface area (Å²) >= 11 is 1.60. The summed E-state index contributed by atoms with van der Waals surface area (Å²) in [6.45, 7) is 4.29. The molecule has 1 saturated carbocycles. The van der Waals surface area contributed by atoms with Crippen LogP contribution in [0.25, 0.3) is 11.6 Å². The number of nitrogens with zero attached hydrogens (tertiary/aromatic N) is 5. The number of hydrogen-bond donors (Lipinski definition) is 0. The molecule has 3 aromatic rings. The van der Waals surface area contributed by atoms with E-state index < -0.39 is 0 Å². The van der Waals surface area contributed by atoms with E-state index in [0.29, 0.717) is 23.6 Å². The predicted molar refractivity (Wildman–Crippen MR) is 102 cm³/mol. The average molecular weight is 388 g/mol. The molecule has 0 saturated heterocycles. The van der Waals surface area contributed by atoms with Gasteiger partial charge in [-0.25, -0.2) is 0 Å². The highest BCUT2D eigenvalue weighted by molar-refractivity contribution is 7.98. The van der Waals surface area contributed by atoms with Crippen LogP contribution >= 0.6 is 11.8 Å². The van der Waals surface area contributed by atoms with E-state index in [-0.39, 0.29) is 0 Å². The van der Waals surface area contributed by atoms with Crippen LogP contribution in [-0.4, -0.2) is 24.9 Å². The lowest BCUT2D eigenvalue weighted by molar-refractivity contribution is 0.337. The first-order valence-corrected chi connectivity index (χ1v) is 10.6. The molecule has 0 radical (unpaired) electrons. The van der Waals surface area contributed by atoms with Gasteiger partial charge in [0, 0.05) is 12.5 Å². The maximum absolute atomic E-state index is 5.59. The van der Waals surface area contributed by atoms with Crippen LogP contribution in [0.5, 0.6) is 0 Å². The molecule has 0 N–H and O–H groups in total. The van der Waals surface area contributed by atoms with Gasteiger partial charge in [0.15, 0.2) is 16.7 Å². The van der Waals surface area contributed by atoms with Gasteiger partial charge in [-0.2, -0.15) is 4.98 Å². The first-order chi connectivity index (χ1) is 13.2. The molecule has 4 rings (SSSR count). The van der Waals surface area contributed by atoms with Crippen molar-refractivity contribution in [3.05, 3.63) is 30.1 Å². The van der Waals surface area contributed by atoms with Crippen LogP contribution in [0.1, 0.15) is 63.7 Å². The van der Waals surface area contributed by atoms with Gasteiger partial charge in [0.05, 0.1) is 12.0 Å². The lowest BCUT2D eigenvalue weighted by Crippen LogP contribution is -2.15. The molecule has 0 aliphatic heterocycles. The van der Waals surface area contributed by atoms with Crippen LogP contribution < -0.4 is 0 Å². The molecule has 0 amide bonds. The molecule has 144 valence electrons. The van der Waals surface area contributed by atoms with E-state index in [1.807, 2.05) is 12.1 Å². The van der Waals surface area contributed by atoms with E-state index in [2.05, 4.69) is 38.8 Å². The number of rotatable bonds is 7. The minimum absolute atomic E-state index is 0.413. The molecule has 8 heteroatoms. The number of aromatic nitrogens is 5. The zero-order chi connectivity index (χ0) is 18.6. The normalized spacial score (nSPS) is 15.7. The minimum atomic E-state index is 0.413. The Labute approximate surface area is 162 Å². The second-order valence-corrected chi connectivity index (χ2v) is 8.38. The monoisotopic (exact) mass is 387 g/mol. The van der Waals surface area contributed by atoms with E-state index in [1.165, 1.54) is 19.3 Å². The third kappa shape index (κ3) is 4.26. The molecule has 7 nitrogen and oxygen atoms in total. The molecule has 1 aliphatic rings. The summed E-state index contributed by atoms with van der Waals surface area (Å²) in [6.07, 6.45) is 8.60. The van der Waals surface area contributed by atoms with Gasteiger partial charge in [-0.05, 0) is 30.9 Å². The van der Waals surface area contributed by atoms with E-state index in [1.54, 1.807) is 18.0 Å². The van der Waals surface area contributed by atoms with Gasteiger partial charge in [0.1, 0.15) is 0 Å². The molecule has 0 unspecified atom stereocenters. The first-order valence-electron chi connectivity index (χ1n) is 9.63. The zero-order valence-corrected chi connectivity index (χ0v) is 16.6. The third-order valence-electron chi connectivity index (χ3n) is 4.77. The molecule has 3 heterocycles. The summed E-state index contributed by atoms with van der Waals surface area (Å²) in [4.78, 5) is 4.49. The Balaban J connectivity index is 1.54. The summed E-state index contributed by atoms with van der Waals surface area (Å²) in [7, 11) is 0. The van der Waals surface area contributed by atoms with Gasteiger partial charge in [-0.3, -0.25) is 4.57 Å². The Morgan fingerprint density at radius 1 is 1.22 bits per heavy atom. The summed E-state index contributed by atoms with van der Waals surface area (Å²) in [5.74, 6) is 4.07. The van der Waals surface area contributed by atoms with E-state index in [0.717, 1.165) is 41.8 Å². The van der Waals surface area contributed by atoms with Gasteiger partial charge in [-0.15, -0.1) is 10.2 Å². The second-order valence-electron chi connectivity index (χ2n) is 7.44. The van der Waals surface area contributed by atoms with Gasteiger partial charge in [-0.1, -0.05) is 50.0 Å². The van der Waals surface area contributed by atoms with Crippen molar-refractivity contribution < 1.29 is 8.94 Å². The Morgan fingerprint density at radius 3 is 2.81 bits per heavy atom. The Hall–Kier alpha value is -2.09. The topological polar surface area (TPSA) is 82.8 Å². The van der Waals surface area contributed by atoms with Crippen molar-refractivity contribution in [3.63, 3.8) is 0 Å². The first kappa shape index (κ1) is 18.3.